The van der Waals surface area contributed by atoms with Crippen LogP contribution in [0.5, 0.6) is 5.88 Å². The summed E-state index contributed by atoms with van der Waals surface area (Å²) in [7, 11) is 1.61. The maximum absolute atomic E-state index is 5.90. The molecule has 0 amide bonds. The molecule has 3 rings (SSSR count). The fraction of sp³-hybridized carbons (Fsp3) is 0.143. The Kier molecular flexibility index (Phi) is 3.09. The molecule has 0 saturated carbocycles. The van der Waals surface area contributed by atoms with Crippen molar-refractivity contribution in [3.8, 4) is 5.88 Å². The van der Waals surface area contributed by atoms with Crippen molar-refractivity contribution in [2.75, 3.05) is 7.11 Å². The lowest BCUT2D eigenvalue weighted by atomic mass is 10.1. The third kappa shape index (κ3) is 2.27. The van der Waals surface area contributed by atoms with Gasteiger partial charge in [0.1, 0.15) is 10.8 Å². The lowest BCUT2D eigenvalue weighted by Gasteiger charge is -2.02. The van der Waals surface area contributed by atoms with Crippen LogP contribution >= 0.6 is 11.6 Å². The second-order valence-electron chi connectivity index (χ2n) is 4.16. The molecule has 0 aliphatic heterocycles. The summed E-state index contributed by atoms with van der Waals surface area (Å²) < 4.78 is 7.03. The van der Waals surface area contributed by atoms with Crippen molar-refractivity contribution in [3.05, 3.63) is 58.9 Å². The van der Waals surface area contributed by atoms with E-state index in [-0.39, 0.29) is 0 Å². The SMILES string of the molecule is COc1c(Cc2ccccc2)nc2ccc(Cl)nn12. The maximum atomic E-state index is 5.90. The van der Waals surface area contributed by atoms with Crippen LogP contribution in [0.15, 0.2) is 42.5 Å². The summed E-state index contributed by atoms with van der Waals surface area (Å²) in [5, 5.41) is 4.61. The third-order valence-electron chi connectivity index (χ3n) is 2.88. The molecule has 3 aromatic rings. The molecule has 0 aliphatic rings. The van der Waals surface area contributed by atoms with Gasteiger partial charge in [-0.2, -0.15) is 9.61 Å². The molecule has 1 aromatic carbocycles. The molecule has 0 bridgehead atoms. The number of hydrogen-bond donors (Lipinski definition) is 0. The minimum Gasteiger partial charge on any atom is -0.480 e. The second kappa shape index (κ2) is 4.90. The van der Waals surface area contributed by atoms with Gasteiger partial charge in [-0.3, -0.25) is 0 Å². The molecule has 0 unspecified atom stereocenters. The van der Waals surface area contributed by atoms with Gasteiger partial charge in [-0.05, 0) is 17.7 Å². The fourth-order valence-corrected chi connectivity index (χ4v) is 2.18. The highest BCUT2D eigenvalue weighted by atomic mass is 35.5. The quantitative estimate of drug-likeness (QED) is 0.736. The topological polar surface area (TPSA) is 39.4 Å². The number of methoxy groups -OCH3 is 1. The molecule has 0 saturated heterocycles. The van der Waals surface area contributed by atoms with Crippen LogP contribution in [0.1, 0.15) is 11.3 Å². The molecule has 0 atom stereocenters. The Morgan fingerprint density at radius 2 is 1.95 bits per heavy atom. The average Bonchev–Trinajstić information content (AvgIpc) is 2.76. The zero-order chi connectivity index (χ0) is 13.2. The van der Waals surface area contributed by atoms with Crippen LogP contribution in [0, 0.1) is 0 Å². The highest BCUT2D eigenvalue weighted by Gasteiger charge is 2.14. The zero-order valence-corrected chi connectivity index (χ0v) is 11.1. The number of hydrogen-bond acceptors (Lipinski definition) is 3. The van der Waals surface area contributed by atoms with Crippen LogP contribution in [-0.4, -0.2) is 21.7 Å². The van der Waals surface area contributed by atoms with E-state index in [1.165, 1.54) is 5.56 Å². The first kappa shape index (κ1) is 12.0. The van der Waals surface area contributed by atoms with E-state index in [0.717, 1.165) is 11.3 Å². The average molecular weight is 274 g/mol. The Morgan fingerprint density at radius 1 is 1.16 bits per heavy atom. The lowest BCUT2D eigenvalue weighted by Crippen LogP contribution is -1.97. The van der Waals surface area contributed by atoms with Gasteiger partial charge in [0.15, 0.2) is 5.65 Å². The Labute approximate surface area is 115 Å². The molecule has 2 aromatic heterocycles. The van der Waals surface area contributed by atoms with Crippen LogP contribution in [0.4, 0.5) is 0 Å². The molecule has 0 aliphatic carbocycles. The number of fused-ring (bicyclic) bond motifs is 1. The van der Waals surface area contributed by atoms with E-state index in [0.29, 0.717) is 17.5 Å². The van der Waals surface area contributed by atoms with Gasteiger partial charge < -0.3 is 4.74 Å². The Balaban J connectivity index is 2.08. The monoisotopic (exact) mass is 273 g/mol. The Morgan fingerprint density at radius 3 is 2.68 bits per heavy atom. The van der Waals surface area contributed by atoms with E-state index in [1.807, 2.05) is 24.3 Å². The highest BCUT2D eigenvalue weighted by Crippen LogP contribution is 2.23. The summed E-state index contributed by atoms with van der Waals surface area (Å²) in [6, 6.07) is 13.7. The number of ether oxygens (including phenoxy) is 1. The predicted octanol–water partition coefficient (Wildman–Crippen LogP) is 2.98. The maximum Gasteiger partial charge on any atom is 0.238 e. The summed E-state index contributed by atoms with van der Waals surface area (Å²) >= 11 is 5.90. The van der Waals surface area contributed by atoms with E-state index in [9.17, 15) is 0 Å². The van der Waals surface area contributed by atoms with Gasteiger partial charge >= 0.3 is 0 Å². The van der Waals surface area contributed by atoms with E-state index in [2.05, 4.69) is 22.2 Å². The minimum absolute atomic E-state index is 0.412. The van der Waals surface area contributed by atoms with Gasteiger partial charge in [-0.1, -0.05) is 41.9 Å². The summed E-state index contributed by atoms with van der Waals surface area (Å²) in [4.78, 5) is 4.54. The molecule has 0 radical (unpaired) electrons. The van der Waals surface area contributed by atoms with E-state index in [1.54, 1.807) is 17.7 Å². The molecule has 96 valence electrons. The highest BCUT2D eigenvalue weighted by molar-refractivity contribution is 6.29. The zero-order valence-electron chi connectivity index (χ0n) is 10.4. The van der Waals surface area contributed by atoms with Crippen molar-refractivity contribution >= 4 is 17.2 Å². The standard InChI is InChI=1S/C14H12ClN3O/c1-19-14-11(9-10-5-3-2-4-6-10)16-13-8-7-12(15)17-18(13)14/h2-8H,9H2,1H3. The van der Waals surface area contributed by atoms with Gasteiger partial charge in [-0.25, -0.2) is 4.98 Å². The first-order valence-corrected chi connectivity index (χ1v) is 6.28. The van der Waals surface area contributed by atoms with Gasteiger partial charge in [0.05, 0.1) is 7.11 Å². The van der Waals surface area contributed by atoms with E-state index in [4.69, 9.17) is 16.3 Å². The van der Waals surface area contributed by atoms with Crippen LogP contribution in [0.2, 0.25) is 5.15 Å². The molecule has 19 heavy (non-hydrogen) atoms. The van der Waals surface area contributed by atoms with Crippen LogP contribution < -0.4 is 4.74 Å². The molecule has 0 N–H and O–H groups in total. The number of rotatable bonds is 3. The van der Waals surface area contributed by atoms with Crippen molar-refractivity contribution < 1.29 is 4.74 Å². The van der Waals surface area contributed by atoms with Crippen molar-refractivity contribution in [2.24, 2.45) is 0 Å². The van der Waals surface area contributed by atoms with Crippen molar-refractivity contribution in [2.45, 2.75) is 6.42 Å². The largest absolute Gasteiger partial charge is 0.480 e. The first-order chi connectivity index (χ1) is 9.28. The predicted molar refractivity (Wildman–Crippen MR) is 73.8 cm³/mol. The summed E-state index contributed by atoms with van der Waals surface area (Å²) in [5.41, 5.74) is 2.76. The number of nitrogens with zero attached hydrogens (tertiary/aromatic N) is 3. The fourth-order valence-electron chi connectivity index (χ4n) is 2.05. The van der Waals surface area contributed by atoms with Gasteiger partial charge in [-0.15, -0.1) is 0 Å². The number of halogens is 1. The van der Waals surface area contributed by atoms with Crippen LogP contribution in [0.3, 0.4) is 0 Å². The summed E-state index contributed by atoms with van der Waals surface area (Å²) in [6.07, 6.45) is 0.699. The van der Waals surface area contributed by atoms with Gasteiger partial charge in [0.2, 0.25) is 5.88 Å². The molecule has 0 fully saturated rings. The first-order valence-electron chi connectivity index (χ1n) is 5.90. The summed E-state index contributed by atoms with van der Waals surface area (Å²) in [5.74, 6) is 0.626. The lowest BCUT2D eigenvalue weighted by molar-refractivity contribution is 0.383. The molecule has 2 heterocycles. The molecular formula is C14H12ClN3O. The number of benzene rings is 1. The Bertz CT molecular complexity index is 709. The van der Waals surface area contributed by atoms with Gasteiger partial charge in [0, 0.05) is 6.42 Å². The minimum atomic E-state index is 0.412. The van der Waals surface area contributed by atoms with Crippen molar-refractivity contribution in [3.63, 3.8) is 0 Å². The molecular weight excluding hydrogens is 262 g/mol. The van der Waals surface area contributed by atoms with Crippen molar-refractivity contribution in [1.29, 1.82) is 0 Å². The smallest absolute Gasteiger partial charge is 0.238 e. The second-order valence-corrected chi connectivity index (χ2v) is 4.54. The van der Waals surface area contributed by atoms with E-state index >= 15 is 0 Å². The third-order valence-corrected chi connectivity index (χ3v) is 3.08. The Hall–Kier alpha value is -2.07. The number of imidazole rings is 1. The van der Waals surface area contributed by atoms with Crippen LogP contribution in [0.25, 0.3) is 5.65 Å². The normalized spacial score (nSPS) is 10.8. The van der Waals surface area contributed by atoms with Gasteiger partial charge in [0.25, 0.3) is 0 Å². The molecule has 0 spiro atoms. The van der Waals surface area contributed by atoms with Crippen LogP contribution in [-0.2, 0) is 6.42 Å². The molecule has 4 nitrogen and oxygen atoms in total. The van der Waals surface area contributed by atoms with E-state index < -0.39 is 0 Å². The number of aromatic nitrogens is 3. The summed E-state index contributed by atoms with van der Waals surface area (Å²) in [6.45, 7) is 0. The molecule has 5 heteroatoms. The van der Waals surface area contributed by atoms with Crippen molar-refractivity contribution in [1.82, 2.24) is 14.6 Å².